The van der Waals surface area contributed by atoms with Crippen LogP contribution in [0.2, 0.25) is 5.02 Å². The lowest BCUT2D eigenvalue weighted by Gasteiger charge is -2.34. The highest BCUT2D eigenvalue weighted by atomic mass is 35.5. The molecular weight excluding hydrogens is 464 g/mol. The predicted octanol–water partition coefficient (Wildman–Crippen LogP) is 3.07. The van der Waals surface area contributed by atoms with Crippen LogP contribution in [-0.2, 0) is 22.6 Å². The van der Waals surface area contributed by atoms with E-state index >= 15 is 0 Å². The zero-order chi connectivity index (χ0) is 23.4. The number of aryl methyl sites for hydroxylation is 1. The number of esters is 1. The van der Waals surface area contributed by atoms with E-state index in [-0.39, 0.29) is 12.2 Å². The third-order valence-electron chi connectivity index (χ3n) is 5.71. The molecular formula is C23H27ClN4O4S. The van der Waals surface area contributed by atoms with E-state index in [2.05, 4.69) is 31.9 Å². The van der Waals surface area contributed by atoms with E-state index in [0.717, 1.165) is 37.7 Å². The van der Waals surface area contributed by atoms with Gasteiger partial charge in [0.1, 0.15) is 22.1 Å². The fourth-order valence-corrected chi connectivity index (χ4v) is 5.13. The molecule has 0 bridgehead atoms. The average Bonchev–Trinajstić information content (AvgIpc) is 3.13. The summed E-state index contributed by atoms with van der Waals surface area (Å²) in [4.78, 5) is 38.3. The first-order chi connectivity index (χ1) is 15.9. The van der Waals surface area contributed by atoms with Gasteiger partial charge in [-0.3, -0.25) is 14.6 Å². The Morgan fingerprint density at radius 2 is 1.79 bits per heavy atom. The van der Waals surface area contributed by atoms with Gasteiger partial charge in [0.2, 0.25) is 0 Å². The second-order valence-corrected chi connectivity index (χ2v) is 9.49. The Bertz CT molecular complexity index is 1170. The van der Waals surface area contributed by atoms with E-state index in [9.17, 15) is 9.59 Å². The Morgan fingerprint density at radius 3 is 2.45 bits per heavy atom. The zero-order valence-electron chi connectivity index (χ0n) is 18.7. The topological polar surface area (TPSA) is 87.8 Å². The van der Waals surface area contributed by atoms with Crippen LogP contribution in [-0.4, -0.2) is 72.2 Å². The second-order valence-electron chi connectivity index (χ2n) is 8.06. The Labute approximate surface area is 201 Å². The van der Waals surface area contributed by atoms with Gasteiger partial charge in [0, 0.05) is 44.9 Å². The van der Waals surface area contributed by atoms with E-state index in [1.54, 1.807) is 14.0 Å². The van der Waals surface area contributed by atoms with E-state index < -0.39 is 5.97 Å². The Balaban J connectivity index is 1.39. The lowest BCUT2D eigenvalue weighted by Crippen LogP contribution is -2.45. The maximum absolute atomic E-state index is 12.7. The molecule has 1 aromatic carbocycles. The summed E-state index contributed by atoms with van der Waals surface area (Å²) in [5.74, 6) is 0.157. The molecule has 0 amide bonds. The average molecular weight is 491 g/mol. The molecule has 1 N–H and O–H groups in total. The number of ether oxygens (including phenoxy) is 2. The molecule has 0 spiro atoms. The predicted molar refractivity (Wildman–Crippen MR) is 129 cm³/mol. The van der Waals surface area contributed by atoms with Crippen molar-refractivity contribution in [3.63, 3.8) is 0 Å². The molecule has 2 aromatic heterocycles. The molecule has 33 heavy (non-hydrogen) atoms. The van der Waals surface area contributed by atoms with Gasteiger partial charge in [0.05, 0.1) is 18.5 Å². The number of aromatic nitrogens is 2. The highest BCUT2D eigenvalue weighted by molar-refractivity contribution is 7.20. The van der Waals surface area contributed by atoms with Crippen LogP contribution in [0.15, 0.2) is 29.1 Å². The van der Waals surface area contributed by atoms with E-state index in [1.807, 2.05) is 12.1 Å². The van der Waals surface area contributed by atoms with E-state index in [4.69, 9.17) is 21.1 Å². The van der Waals surface area contributed by atoms with Crippen LogP contribution in [0.5, 0.6) is 0 Å². The summed E-state index contributed by atoms with van der Waals surface area (Å²) in [6, 6.07) is 7.96. The molecule has 4 rings (SSSR count). The molecule has 0 unspecified atom stereocenters. The summed E-state index contributed by atoms with van der Waals surface area (Å²) in [6.07, 6.45) is 0. The molecule has 0 aliphatic carbocycles. The van der Waals surface area contributed by atoms with Crippen LogP contribution in [0, 0.1) is 6.92 Å². The van der Waals surface area contributed by atoms with Gasteiger partial charge in [-0.15, -0.1) is 11.3 Å². The maximum Gasteiger partial charge on any atom is 0.348 e. The van der Waals surface area contributed by atoms with Crippen molar-refractivity contribution in [2.45, 2.75) is 20.0 Å². The number of rotatable bonds is 8. The number of fused-ring (bicyclic) bond motifs is 1. The molecule has 1 aliphatic rings. The smallest absolute Gasteiger partial charge is 0.348 e. The fourth-order valence-electron chi connectivity index (χ4n) is 3.91. The quantitative estimate of drug-likeness (QED) is 0.383. The Kier molecular flexibility index (Phi) is 7.77. The van der Waals surface area contributed by atoms with E-state index in [0.29, 0.717) is 39.6 Å². The monoisotopic (exact) mass is 490 g/mol. The SMILES string of the molecule is COCCOC(=O)c1sc2nc(CN3CCN(Cc4ccc(Cl)cc4)CC3)[nH]c(=O)c2c1C. The number of halogens is 1. The number of benzene rings is 1. The summed E-state index contributed by atoms with van der Waals surface area (Å²) in [7, 11) is 1.54. The van der Waals surface area contributed by atoms with Gasteiger partial charge in [0.15, 0.2) is 0 Å². The largest absolute Gasteiger partial charge is 0.459 e. The molecule has 10 heteroatoms. The van der Waals surface area contributed by atoms with Crippen LogP contribution in [0.1, 0.15) is 26.6 Å². The van der Waals surface area contributed by atoms with Crippen molar-refractivity contribution in [2.75, 3.05) is 46.5 Å². The number of thiophene rings is 1. The van der Waals surface area contributed by atoms with Gasteiger partial charge < -0.3 is 14.5 Å². The first kappa shape index (κ1) is 23.8. The van der Waals surface area contributed by atoms with Gasteiger partial charge in [-0.25, -0.2) is 9.78 Å². The molecule has 0 atom stereocenters. The van der Waals surface area contributed by atoms with Crippen LogP contribution in [0.25, 0.3) is 10.2 Å². The standard InChI is InChI=1S/C23H27ClN4O4S/c1-15-19-21(29)25-18(26-22(19)33-20(15)23(30)32-12-11-31-2)14-28-9-7-27(8-10-28)13-16-3-5-17(24)6-4-16/h3-6H,7-14H2,1-2H3,(H,25,26,29). The Hall–Kier alpha value is -2.30. The van der Waals surface area contributed by atoms with Crippen LogP contribution >= 0.6 is 22.9 Å². The van der Waals surface area contributed by atoms with Gasteiger partial charge in [-0.1, -0.05) is 23.7 Å². The first-order valence-electron chi connectivity index (χ1n) is 10.8. The van der Waals surface area contributed by atoms with Crippen molar-refractivity contribution in [2.24, 2.45) is 0 Å². The fraction of sp³-hybridized carbons (Fsp3) is 0.435. The minimum atomic E-state index is -0.453. The third kappa shape index (κ3) is 5.80. The number of carbonyl (C=O) groups is 1. The van der Waals surface area contributed by atoms with Crippen LogP contribution < -0.4 is 5.56 Å². The van der Waals surface area contributed by atoms with Gasteiger partial charge >= 0.3 is 5.97 Å². The highest BCUT2D eigenvalue weighted by Crippen LogP contribution is 2.27. The number of aromatic amines is 1. The summed E-state index contributed by atoms with van der Waals surface area (Å²) >= 11 is 7.17. The van der Waals surface area contributed by atoms with E-state index in [1.165, 1.54) is 16.9 Å². The Morgan fingerprint density at radius 1 is 1.12 bits per heavy atom. The number of methoxy groups -OCH3 is 1. The third-order valence-corrected chi connectivity index (χ3v) is 7.13. The van der Waals surface area contributed by atoms with Gasteiger partial charge in [-0.05, 0) is 30.2 Å². The zero-order valence-corrected chi connectivity index (χ0v) is 20.3. The lowest BCUT2D eigenvalue weighted by atomic mass is 10.2. The van der Waals surface area contributed by atoms with Crippen LogP contribution in [0.4, 0.5) is 0 Å². The number of piperazine rings is 1. The van der Waals surface area contributed by atoms with Crippen molar-refractivity contribution < 1.29 is 14.3 Å². The normalized spacial score (nSPS) is 15.2. The molecule has 3 aromatic rings. The molecule has 0 radical (unpaired) electrons. The first-order valence-corrected chi connectivity index (χ1v) is 12.0. The molecule has 176 valence electrons. The lowest BCUT2D eigenvalue weighted by molar-refractivity contribution is 0.0393. The number of nitrogens with zero attached hydrogens (tertiary/aromatic N) is 3. The molecule has 1 saturated heterocycles. The minimum absolute atomic E-state index is 0.169. The maximum atomic E-state index is 12.7. The number of carbonyl (C=O) groups excluding carboxylic acids is 1. The van der Waals surface area contributed by atoms with Crippen molar-refractivity contribution in [3.05, 3.63) is 61.5 Å². The highest BCUT2D eigenvalue weighted by Gasteiger charge is 2.22. The van der Waals surface area contributed by atoms with Crippen molar-refractivity contribution in [1.82, 2.24) is 19.8 Å². The summed E-state index contributed by atoms with van der Waals surface area (Å²) in [5, 5.41) is 1.20. The summed E-state index contributed by atoms with van der Waals surface area (Å²) in [6.45, 7) is 7.34. The van der Waals surface area contributed by atoms with Crippen molar-refractivity contribution in [3.8, 4) is 0 Å². The second kappa shape index (κ2) is 10.8. The molecule has 3 heterocycles. The number of H-pyrrole nitrogens is 1. The number of hydrogen-bond acceptors (Lipinski definition) is 8. The number of nitrogens with one attached hydrogen (secondary N) is 1. The van der Waals surface area contributed by atoms with Gasteiger partial charge in [-0.2, -0.15) is 0 Å². The van der Waals surface area contributed by atoms with Crippen molar-refractivity contribution >= 4 is 39.1 Å². The molecule has 1 aliphatic heterocycles. The molecule has 0 saturated carbocycles. The van der Waals surface area contributed by atoms with Gasteiger partial charge in [0.25, 0.3) is 5.56 Å². The summed E-state index contributed by atoms with van der Waals surface area (Å²) in [5.41, 5.74) is 1.63. The molecule has 1 fully saturated rings. The van der Waals surface area contributed by atoms with Crippen LogP contribution in [0.3, 0.4) is 0 Å². The minimum Gasteiger partial charge on any atom is -0.459 e. The molecule has 8 nitrogen and oxygen atoms in total. The summed E-state index contributed by atoms with van der Waals surface area (Å²) < 4.78 is 10.1. The number of hydrogen-bond donors (Lipinski definition) is 1. The van der Waals surface area contributed by atoms with Crippen molar-refractivity contribution in [1.29, 1.82) is 0 Å².